The lowest BCUT2D eigenvalue weighted by atomic mass is 9.78. The molecule has 3 heteroatoms. The van der Waals surface area contributed by atoms with Crippen LogP contribution in [0, 0.1) is 11.8 Å². The van der Waals surface area contributed by atoms with Gasteiger partial charge in [-0.05, 0) is 24.7 Å². The molecule has 0 aromatic carbocycles. The minimum Gasteiger partial charge on any atom is -0.388 e. The Morgan fingerprint density at radius 2 is 2.33 bits per heavy atom. The van der Waals surface area contributed by atoms with Crippen molar-refractivity contribution in [2.75, 3.05) is 0 Å². The van der Waals surface area contributed by atoms with Crippen molar-refractivity contribution in [3.63, 3.8) is 0 Å². The molecule has 1 aromatic rings. The van der Waals surface area contributed by atoms with Crippen molar-refractivity contribution in [3.8, 4) is 0 Å². The number of nitrogens with zero attached hydrogens (tertiary/aromatic N) is 2. The third-order valence-corrected chi connectivity index (χ3v) is 3.49. The molecular formula is C12H20N2O. The van der Waals surface area contributed by atoms with Gasteiger partial charge in [-0.3, -0.25) is 4.68 Å². The Labute approximate surface area is 91.1 Å². The van der Waals surface area contributed by atoms with Gasteiger partial charge in [-0.2, -0.15) is 5.10 Å². The van der Waals surface area contributed by atoms with E-state index in [-0.39, 0.29) is 6.10 Å². The average Bonchev–Trinajstić information content (AvgIpc) is 2.64. The van der Waals surface area contributed by atoms with Crippen LogP contribution in [0.1, 0.15) is 44.3 Å². The fourth-order valence-corrected chi connectivity index (χ4v) is 2.63. The zero-order chi connectivity index (χ0) is 10.8. The molecule has 1 saturated carbocycles. The molecule has 84 valence electrons. The summed E-state index contributed by atoms with van der Waals surface area (Å²) in [7, 11) is 1.89. The molecule has 0 radical (unpaired) electrons. The highest BCUT2D eigenvalue weighted by Gasteiger charge is 2.26. The molecule has 1 fully saturated rings. The summed E-state index contributed by atoms with van der Waals surface area (Å²) < 4.78 is 1.75. The Bertz CT molecular complexity index is 321. The van der Waals surface area contributed by atoms with Crippen molar-refractivity contribution in [3.05, 3.63) is 18.0 Å². The molecule has 1 aromatic heterocycles. The van der Waals surface area contributed by atoms with Crippen LogP contribution >= 0.6 is 0 Å². The predicted molar refractivity (Wildman–Crippen MR) is 59.3 cm³/mol. The van der Waals surface area contributed by atoms with Crippen molar-refractivity contribution < 1.29 is 5.11 Å². The van der Waals surface area contributed by atoms with Crippen LogP contribution in [0.5, 0.6) is 0 Å². The van der Waals surface area contributed by atoms with E-state index in [9.17, 15) is 5.11 Å². The Balaban J connectivity index is 2.03. The van der Waals surface area contributed by atoms with Gasteiger partial charge in [-0.1, -0.05) is 19.8 Å². The number of hydrogen-bond acceptors (Lipinski definition) is 2. The van der Waals surface area contributed by atoms with Gasteiger partial charge in [0.25, 0.3) is 0 Å². The first-order valence-electron chi connectivity index (χ1n) is 5.83. The number of aryl methyl sites for hydroxylation is 1. The smallest absolute Gasteiger partial charge is 0.0848 e. The monoisotopic (exact) mass is 208 g/mol. The van der Waals surface area contributed by atoms with E-state index in [4.69, 9.17) is 0 Å². The molecule has 0 amide bonds. The average molecular weight is 208 g/mol. The highest BCUT2D eigenvalue weighted by molar-refractivity contribution is 5.09. The third kappa shape index (κ3) is 2.40. The first-order valence-corrected chi connectivity index (χ1v) is 5.83. The van der Waals surface area contributed by atoms with Gasteiger partial charge >= 0.3 is 0 Å². The largest absolute Gasteiger partial charge is 0.388 e. The van der Waals surface area contributed by atoms with Crippen LogP contribution in [0.3, 0.4) is 0 Å². The maximum atomic E-state index is 10.2. The molecule has 15 heavy (non-hydrogen) atoms. The quantitative estimate of drug-likeness (QED) is 0.809. The van der Waals surface area contributed by atoms with Crippen molar-refractivity contribution in [1.82, 2.24) is 9.78 Å². The number of aliphatic hydroxyl groups is 1. The molecule has 3 atom stereocenters. The summed E-state index contributed by atoms with van der Waals surface area (Å²) in [5.74, 6) is 1.19. The van der Waals surface area contributed by atoms with Crippen LogP contribution in [0.15, 0.2) is 12.4 Å². The van der Waals surface area contributed by atoms with Crippen molar-refractivity contribution in [1.29, 1.82) is 0 Å². The molecule has 0 saturated heterocycles. The summed E-state index contributed by atoms with van der Waals surface area (Å²) in [4.78, 5) is 0. The number of hydrogen-bond donors (Lipinski definition) is 1. The van der Waals surface area contributed by atoms with E-state index in [1.807, 2.05) is 13.2 Å². The Kier molecular flexibility index (Phi) is 3.10. The van der Waals surface area contributed by atoms with E-state index in [2.05, 4.69) is 12.0 Å². The zero-order valence-corrected chi connectivity index (χ0v) is 9.56. The minimum absolute atomic E-state index is 0.318. The SMILES string of the molecule is CC1CCCC(C(O)c2cnn(C)c2)C1. The molecule has 1 N–H and O–H groups in total. The molecule has 1 aliphatic rings. The highest BCUT2D eigenvalue weighted by Crippen LogP contribution is 2.36. The summed E-state index contributed by atoms with van der Waals surface area (Å²) >= 11 is 0. The van der Waals surface area contributed by atoms with Crippen LogP contribution in [-0.2, 0) is 7.05 Å². The van der Waals surface area contributed by atoms with Crippen molar-refractivity contribution >= 4 is 0 Å². The summed E-state index contributed by atoms with van der Waals surface area (Å²) in [6, 6.07) is 0. The van der Waals surface area contributed by atoms with Crippen LogP contribution < -0.4 is 0 Å². The zero-order valence-electron chi connectivity index (χ0n) is 9.56. The molecule has 2 rings (SSSR count). The predicted octanol–water partition coefficient (Wildman–Crippen LogP) is 2.28. The molecule has 1 aliphatic carbocycles. The fraction of sp³-hybridized carbons (Fsp3) is 0.750. The second-order valence-electron chi connectivity index (χ2n) is 4.92. The maximum absolute atomic E-state index is 10.2. The molecule has 1 heterocycles. The van der Waals surface area contributed by atoms with Crippen molar-refractivity contribution in [2.24, 2.45) is 18.9 Å². The van der Waals surface area contributed by atoms with Gasteiger partial charge in [0.15, 0.2) is 0 Å². The Morgan fingerprint density at radius 3 is 2.93 bits per heavy atom. The van der Waals surface area contributed by atoms with E-state index in [1.54, 1.807) is 10.9 Å². The lowest BCUT2D eigenvalue weighted by molar-refractivity contribution is 0.0713. The van der Waals surface area contributed by atoms with Crippen molar-refractivity contribution in [2.45, 2.75) is 38.7 Å². The van der Waals surface area contributed by atoms with E-state index in [0.717, 1.165) is 24.3 Å². The third-order valence-electron chi connectivity index (χ3n) is 3.49. The van der Waals surface area contributed by atoms with Crippen LogP contribution in [0.25, 0.3) is 0 Å². The van der Waals surface area contributed by atoms with E-state index >= 15 is 0 Å². The summed E-state index contributed by atoms with van der Waals surface area (Å²) in [5, 5.41) is 14.3. The first kappa shape index (κ1) is 10.7. The number of aromatic nitrogens is 2. The maximum Gasteiger partial charge on any atom is 0.0848 e. The molecule has 3 unspecified atom stereocenters. The molecule has 3 nitrogen and oxygen atoms in total. The van der Waals surface area contributed by atoms with E-state index < -0.39 is 0 Å². The lowest BCUT2D eigenvalue weighted by Crippen LogP contribution is -2.19. The lowest BCUT2D eigenvalue weighted by Gasteiger charge is -2.29. The van der Waals surface area contributed by atoms with E-state index in [0.29, 0.717) is 5.92 Å². The van der Waals surface area contributed by atoms with Crippen LogP contribution in [0.2, 0.25) is 0 Å². The Hall–Kier alpha value is -0.830. The van der Waals surface area contributed by atoms with Gasteiger partial charge in [0, 0.05) is 18.8 Å². The standard InChI is InChI=1S/C12H20N2O/c1-9-4-3-5-10(6-9)12(15)11-7-13-14(2)8-11/h7-10,12,15H,3-6H2,1-2H3. The fourth-order valence-electron chi connectivity index (χ4n) is 2.63. The second-order valence-corrected chi connectivity index (χ2v) is 4.92. The topological polar surface area (TPSA) is 38.1 Å². The van der Waals surface area contributed by atoms with Gasteiger partial charge in [0.05, 0.1) is 12.3 Å². The van der Waals surface area contributed by atoms with Crippen LogP contribution in [-0.4, -0.2) is 14.9 Å². The minimum atomic E-state index is -0.318. The molecule has 0 bridgehead atoms. The summed E-state index contributed by atoms with van der Waals surface area (Å²) in [5.41, 5.74) is 0.969. The van der Waals surface area contributed by atoms with Gasteiger partial charge in [-0.25, -0.2) is 0 Å². The van der Waals surface area contributed by atoms with Gasteiger partial charge in [0.1, 0.15) is 0 Å². The summed E-state index contributed by atoms with van der Waals surface area (Å²) in [6.45, 7) is 2.28. The Morgan fingerprint density at radius 1 is 1.53 bits per heavy atom. The van der Waals surface area contributed by atoms with Gasteiger partial charge in [0.2, 0.25) is 0 Å². The normalized spacial score (nSPS) is 29.0. The molecule has 0 spiro atoms. The number of rotatable bonds is 2. The van der Waals surface area contributed by atoms with Crippen LogP contribution in [0.4, 0.5) is 0 Å². The van der Waals surface area contributed by atoms with E-state index in [1.165, 1.54) is 12.8 Å². The number of aliphatic hydroxyl groups excluding tert-OH is 1. The summed E-state index contributed by atoms with van der Waals surface area (Å²) in [6.07, 6.45) is 8.26. The molecular weight excluding hydrogens is 188 g/mol. The second kappa shape index (κ2) is 4.35. The van der Waals surface area contributed by atoms with Gasteiger partial charge < -0.3 is 5.11 Å². The molecule has 0 aliphatic heterocycles. The first-order chi connectivity index (χ1) is 7.16. The highest BCUT2D eigenvalue weighted by atomic mass is 16.3. The van der Waals surface area contributed by atoms with Gasteiger partial charge in [-0.15, -0.1) is 0 Å².